The molecule has 0 saturated heterocycles. The molecule has 1 saturated carbocycles. The summed E-state index contributed by atoms with van der Waals surface area (Å²) < 4.78 is 0. The predicted molar refractivity (Wildman–Crippen MR) is 68.4 cm³/mol. The highest BCUT2D eigenvalue weighted by Gasteiger charge is 2.25. The number of nitrogens with zero attached hydrogens (tertiary/aromatic N) is 1. The first kappa shape index (κ1) is 13.3. The maximum absolute atomic E-state index is 9.90. The first-order chi connectivity index (χ1) is 7.15. The van der Waals surface area contributed by atoms with Crippen molar-refractivity contribution in [3.8, 4) is 0 Å². The van der Waals surface area contributed by atoms with Crippen molar-refractivity contribution < 1.29 is 5.11 Å². The van der Waals surface area contributed by atoms with Crippen molar-refractivity contribution in [1.29, 1.82) is 0 Å². The first-order valence-corrected chi connectivity index (χ1v) is 7.41. The van der Waals surface area contributed by atoms with Gasteiger partial charge in [0, 0.05) is 18.3 Å². The summed E-state index contributed by atoms with van der Waals surface area (Å²) in [5.41, 5.74) is 0. The molecular weight excluding hydrogens is 206 g/mol. The molecule has 1 rings (SSSR count). The molecule has 0 bridgehead atoms. The van der Waals surface area contributed by atoms with Gasteiger partial charge in [-0.1, -0.05) is 12.8 Å². The van der Waals surface area contributed by atoms with Crippen LogP contribution >= 0.6 is 11.8 Å². The number of thioether (sulfide) groups is 1. The van der Waals surface area contributed by atoms with Crippen LogP contribution in [0, 0.1) is 5.92 Å². The summed E-state index contributed by atoms with van der Waals surface area (Å²) >= 11 is 1.90. The normalized spacial score (nSPS) is 29.4. The monoisotopic (exact) mass is 231 g/mol. The number of hydrogen-bond donors (Lipinski definition) is 1. The molecule has 0 radical (unpaired) electrons. The number of rotatable bonds is 5. The van der Waals surface area contributed by atoms with Crippen LogP contribution < -0.4 is 0 Å². The Kier molecular flexibility index (Phi) is 6.02. The van der Waals surface area contributed by atoms with Gasteiger partial charge in [0.05, 0.1) is 6.10 Å². The Morgan fingerprint density at radius 1 is 1.40 bits per heavy atom. The summed E-state index contributed by atoms with van der Waals surface area (Å²) in [7, 11) is 2.18. The zero-order valence-corrected chi connectivity index (χ0v) is 11.1. The van der Waals surface area contributed by atoms with E-state index < -0.39 is 0 Å². The second-order valence-electron chi connectivity index (χ2n) is 4.86. The molecule has 1 aliphatic carbocycles. The summed E-state index contributed by atoms with van der Waals surface area (Å²) in [6.45, 7) is 3.33. The van der Waals surface area contributed by atoms with Gasteiger partial charge in [-0.05, 0) is 39.0 Å². The van der Waals surface area contributed by atoms with Crippen LogP contribution in [0.3, 0.4) is 0 Å². The summed E-state index contributed by atoms with van der Waals surface area (Å²) in [6, 6.07) is 0.620. The molecule has 0 spiro atoms. The highest BCUT2D eigenvalue weighted by atomic mass is 32.2. The van der Waals surface area contributed by atoms with Gasteiger partial charge in [0.2, 0.25) is 0 Å². The fourth-order valence-electron chi connectivity index (χ4n) is 2.32. The van der Waals surface area contributed by atoms with E-state index in [-0.39, 0.29) is 6.10 Å². The van der Waals surface area contributed by atoms with Gasteiger partial charge in [-0.3, -0.25) is 0 Å². The van der Waals surface area contributed by atoms with Gasteiger partial charge in [-0.2, -0.15) is 11.8 Å². The lowest BCUT2D eigenvalue weighted by Crippen LogP contribution is -2.40. The van der Waals surface area contributed by atoms with E-state index >= 15 is 0 Å². The van der Waals surface area contributed by atoms with E-state index in [1.165, 1.54) is 25.0 Å². The zero-order valence-electron chi connectivity index (χ0n) is 10.3. The Morgan fingerprint density at radius 2 is 2.07 bits per heavy atom. The van der Waals surface area contributed by atoms with E-state index in [0.29, 0.717) is 12.0 Å². The third-order valence-corrected chi connectivity index (χ3v) is 4.37. The highest BCUT2D eigenvalue weighted by Crippen LogP contribution is 2.25. The Morgan fingerprint density at radius 3 is 2.67 bits per heavy atom. The van der Waals surface area contributed by atoms with E-state index in [9.17, 15) is 5.11 Å². The van der Waals surface area contributed by atoms with Crippen molar-refractivity contribution in [3.63, 3.8) is 0 Å². The van der Waals surface area contributed by atoms with Gasteiger partial charge in [-0.25, -0.2) is 0 Å². The molecule has 3 atom stereocenters. The molecule has 3 heteroatoms. The first-order valence-electron chi connectivity index (χ1n) is 6.02. The average Bonchev–Trinajstić information content (AvgIpc) is 2.21. The summed E-state index contributed by atoms with van der Waals surface area (Å²) in [4.78, 5) is 2.40. The van der Waals surface area contributed by atoms with Crippen LogP contribution in [0.25, 0.3) is 0 Å². The molecule has 0 aromatic rings. The third kappa shape index (κ3) is 4.33. The summed E-state index contributed by atoms with van der Waals surface area (Å²) in [5.74, 6) is 1.69. The molecule has 15 heavy (non-hydrogen) atoms. The highest BCUT2D eigenvalue weighted by molar-refractivity contribution is 7.98. The topological polar surface area (TPSA) is 23.5 Å². The van der Waals surface area contributed by atoms with Gasteiger partial charge < -0.3 is 10.0 Å². The third-order valence-electron chi connectivity index (χ3n) is 3.55. The van der Waals surface area contributed by atoms with Crippen molar-refractivity contribution in [2.45, 2.75) is 44.8 Å². The van der Waals surface area contributed by atoms with Crippen LogP contribution in [0.4, 0.5) is 0 Å². The van der Waals surface area contributed by atoms with E-state index in [1.807, 2.05) is 11.8 Å². The van der Waals surface area contributed by atoms with Gasteiger partial charge in [0.1, 0.15) is 0 Å². The Labute approximate surface area is 98.4 Å². The van der Waals surface area contributed by atoms with Crippen molar-refractivity contribution in [2.24, 2.45) is 5.92 Å². The average molecular weight is 231 g/mol. The molecule has 0 heterocycles. The second-order valence-corrected chi connectivity index (χ2v) is 5.77. The largest absolute Gasteiger partial charge is 0.393 e. The molecule has 90 valence electrons. The Balaban J connectivity index is 2.32. The van der Waals surface area contributed by atoms with Crippen molar-refractivity contribution in [2.75, 3.05) is 25.6 Å². The SMILES string of the molecule is CSCC(C)N(C)CC1CCCCC1O. The van der Waals surface area contributed by atoms with Gasteiger partial charge in [-0.15, -0.1) is 0 Å². The number of aliphatic hydroxyl groups is 1. The molecule has 0 aliphatic heterocycles. The van der Waals surface area contributed by atoms with Gasteiger partial charge in [0.15, 0.2) is 0 Å². The molecule has 0 amide bonds. The lowest BCUT2D eigenvalue weighted by molar-refractivity contribution is 0.0466. The molecule has 1 aliphatic rings. The smallest absolute Gasteiger partial charge is 0.0580 e. The Bertz CT molecular complexity index is 177. The summed E-state index contributed by atoms with van der Waals surface area (Å²) in [6.07, 6.45) is 6.82. The van der Waals surface area contributed by atoms with Crippen molar-refractivity contribution >= 4 is 11.8 Å². The predicted octanol–water partition coefficient (Wildman–Crippen LogP) is 2.22. The van der Waals surface area contributed by atoms with Crippen LogP contribution in [0.1, 0.15) is 32.6 Å². The molecule has 2 nitrogen and oxygen atoms in total. The van der Waals surface area contributed by atoms with E-state index in [1.54, 1.807) is 0 Å². The number of aliphatic hydroxyl groups excluding tert-OH is 1. The van der Waals surface area contributed by atoms with E-state index in [2.05, 4.69) is 25.1 Å². The van der Waals surface area contributed by atoms with Crippen LogP contribution in [-0.2, 0) is 0 Å². The molecule has 0 aromatic heterocycles. The quantitative estimate of drug-likeness (QED) is 0.785. The summed E-state index contributed by atoms with van der Waals surface area (Å²) in [5, 5.41) is 9.90. The standard InChI is InChI=1S/C12H25NOS/c1-10(9-15-3)13(2)8-11-6-4-5-7-12(11)14/h10-12,14H,4-9H2,1-3H3. The van der Waals surface area contributed by atoms with Crippen LogP contribution in [0.5, 0.6) is 0 Å². The molecule has 3 unspecified atom stereocenters. The number of hydrogen-bond acceptors (Lipinski definition) is 3. The van der Waals surface area contributed by atoms with Crippen LogP contribution in [0.2, 0.25) is 0 Å². The van der Waals surface area contributed by atoms with Crippen molar-refractivity contribution in [3.05, 3.63) is 0 Å². The lowest BCUT2D eigenvalue weighted by Gasteiger charge is -2.33. The second kappa shape index (κ2) is 6.77. The fourth-order valence-corrected chi connectivity index (χ4v) is 3.06. The van der Waals surface area contributed by atoms with Crippen LogP contribution in [0.15, 0.2) is 0 Å². The minimum atomic E-state index is -0.0531. The molecule has 1 N–H and O–H groups in total. The molecule has 0 aromatic carbocycles. The minimum Gasteiger partial charge on any atom is -0.393 e. The fraction of sp³-hybridized carbons (Fsp3) is 1.00. The molecular formula is C12H25NOS. The van der Waals surface area contributed by atoms with Crippen LogP contribution in [-0.4, -0.2) is 47.8 Å². The maximum Gasteiger partial charge on any atom is 0.0580 e. The van der Waals surface area contributed by atoms with Crippen molar-refractivity contribution in [1.82, 2.24) is 4.90 Å². The maximum atomic E-state index is 9.90. The minimum absolute atomic E-state index is 0.0531. The zero-order chi connectivity index (χ0) is 11.3. The Hall–Kier alpha value is 0.270. The molecule has 1 fully saturated rings. The van der Waals surface area contributed by atoms with Gasteiger partial charge >= 0.3 is 0 Å². The lowest BCUT2D eigenvalue weighted by atomic mass is 9.86. The van der Waals surface area contributed by atoms with E-state index in [0.717, 1.165) is 13.0 Å². The van der Waals surface area contributed by atoms with E-state index in [4.69, 9.17) is 0 Å². The van der Waals surface area contributed by atoms with Gasteiger partial charge in [0.25, 0.3) is 0 Å².